The Morgan fingerprint density at radius 2 is 1.32 bits per heavy atom. The van der Waals surface area contributed by atoms with Gasteiger partial charge in [-0.3, -0.25) is 19.2 Å². The predicted octanol–water partition coefficient (Wildman–Crippen LogP) is -0.451. The summed E-state index contributed by atoms with van der Waals surface area (Å²) in [6, 6.07) is -4.36. The maximum Gasteiger partial charge on any atom is 0.326 e. The van der Waals surface area contributed by atoms with Crippen LogP contribution in [0.3, 0.4) is 0 Å². The lowest BCUT2D eigenvalue weighted by molar-refractivity contribution is -0.143. The van der Waals surface area contributed by atoms with Gasteiger partial charge in [0.2, 0.25) is 17.7 Å². The molecule has 0 saturated heterocycles. The summed E-state index contributed by atoms with van der Waals surface area (Å²) in [6.45, 7) is 7.41. The lowest BCUT2D eigenvalue weighted by Crippen LogP contribution is -2.57. The van der Waals surface area contributed by atoms with Crippen molar-refractivity contribution in [1.29, 1.82) is 0 Å². The van der Waals surface area contributed by atoms with Crippen molar-refractivity contribution in [3.8, 4) is 0 Å². The summed E-state index contributed by atoms with van der Waals surface area (Å²) in [5, 5.41) is 25.8. The number of aliphatic carboxylic acids is 2. The van der Waals surface area contributed by atoms with Crippen LogP contribution in [0.4, 0.5) is 0 Å². The Morgan fingerprint density at radius 3 is 1.79 bits per heavy atom. The number of amides is 3. The number of nitrogens with one attached hydrogen (secondary N) is 3. The van der Waals surface area contributed by atoms with Crippen molar-refractivity contribution < 1.29 is 34.2 Å². The summed E-state index contributed by atoms with van der Waals surface area (Å²) in [7, 11) is 0. The molecule has 0 aromatic heterocycles. The van der Waals surface area contributed by atoms with Gasteiger partial charge >= 0.3 is 11.9 Å². The van der Waals surface area contributed by atoms with Gasteiger partial charge in [-0.25, -0.2) is 4.79 Å². The van der Waals surface area contributed by atoms with Gasteiger partial charge in [0.05, 0.1) is 6.04 Å². The predicted molar refractivity (Wildman–Crippen MR) is 125 cm³/mol. The van der Waals surface area contributed by atoms with Crippen LogP contribution in [0.2, 0.25) is 0 Å². The van der Waals surface area contributed by atoms with Crippen molar-refractivity contribution in [3.63, 3.8) is 0 Å². The molecule has 3 amide bonds. The first-order valence-corrected chi connectivity index (χ1v) is 11.6. The van der Waals surface area contributed by atoms with Crippen LogP contribution in [-0.4, -0.2) is 70.6 Å². The van der Waals surface area contributed by atoms with E-state index in [2.05, 4.69) is 16.0 Å². The topological polar surface area (TPSA) is 214 Å². The van der Waals surface area contributed by atoms with E-state index in [-0.39, 0.29) is 18.8 Å². The molecule has 34 heavy (non-hydrogen) atoms. The second-order valence-corrected chi connectivity index (χ2v) is 9.14. The number of carbonyl (C=O) groups is 5. The highest BCUT2D eigenvalue weighted by Gasteiger charge is 2.31. The number of unbranched alkanes of at least 4 members (excludes halogenated alkanes) is 1. The first-order chi connectivity index (χ1) is 15.8. The van der Waals surface area contributed by atoms with Gasteiger partial charge in [0, 0.05) is 6.42 Å². The molecule has 196 valence electrons. The summed E-state index contributed by atoms with van der Waals surface area (Å²) in [5.41, 5.74) is 11.4. The Labute approximate surface area is 200 Å². The minimum atomic E-state index is -1.23. The van der Waals surface area contributed by atoms with Gasteiger partial charge in [0.1, 0.15) is 18.1 Å². The molecule has 0 saturated carbocycles. The lowest BCUT2D eigenvalue weighted by Gasteiger charge is -2.26. The maximum absolute atomic E-state index is 13.0. The average molecular weight is 488 g/mol. The van der Waals surface area contributed by atoms with Gasteiger partial charge in [0.15, 0.2) is 0 Å². The number of hydrogen-bond donors (Lipinski definition) is 7. The summed E-state index contributed by atoms with van der Waals surface area (Å²) >= 11 is 0. The summed E-state index contributed by atoms with van der Waals surface area (Å²) in [6.07, 6.45) is 1.02. The van der Waals surface area contributed by atoms with Crippen LogP contribution in [0.1, 0.15) is 66.2 Å². The van der Waals surface area contributed by atoms with Gasteiger partial charge in [-0.05, 0) is 50.5 Å². The Bertz CT molecular complexity index is 699. The van der Waals surface area contributed by atoms with Crippen molar-refractivity contribution in [2.75, 3.05) is 6.54 Å². The normalized spacial score (nSPS) is 14.7. The molecular formula is C22H41N5O7. The van der Waals surface area contributed by atoms with Gasteiger partial charge in [-0.1, -0.05) is 27.7 Å². The third-order valence-electron chi connectivity index (χ3n) is 5.15. The third kappa shape index (κ3) is 12.5. The zero-order valence-corrected chi connectivity index (χ0v) is 20.5. The number of hydrogen-bond acceptors (Lipinski definition) is 7. The van der Waals surface area contributed by atoms with Crippen molar-refractivity contribution in [1.82, 2.24) is 16.0 Å². The molecule has 4 atom stereocenters. The fourth-order valence-corrected chi connectivity index (χ4v) is 3.23. The molecule has 0 aromatic rings. The summed E-state index contributed by atoms with van der Waals surface area (Å²) in [5.74, 6) is -4.67. The molecule has 0 bridgehead atoms. The quantitative estimate of drug-likeness (QED) is 0.132. The van der Waals surface area contributed by atoms with E-state index in [1.165, 1.54) is 0 Å². The van der Waals surface area contributed by atoms with Crippen molar-refractivity contribution >= 4 is 29.7 Å². The van der Waals surface area contributed by atoms with E-state index in [1.54, 1.807) is 13.8 Å². The van der Waals surface area contributed by atoms with Crippen LogP contribution in [0.15, 0.2) is 0 Å². The molecule has 0 fully saturated rings. The van der Waals surface area contributed by atoms with Gasteiger partial charge in [-0.15, -0.1) is 0 Å². The lowest BCUT2D eigenvalue weighted by atomic mass is 10.0. The summed E-state index contributed by atoms with van der Waals surface area (Å²) < 4.78 is 0. The SMILES string of the molecule is CC(C)CC(N)C(=O)NC(CCC(=O)O)C(=O)NC(CCCCN)C(=O)NC(C(=O)O)C(C)C. The highest BCUT2D eigenvalue weighted by Crippen LogP contribution is 2.08. The Hall–Kier alpha value is -2.73. The molecule has 0 heterocycles. The zero-order valence-electron chi connectivity index (χ0n) is 20.5. The van der Waals surface area contributed by atoms with Gasteiger partial charge < -0.3 is 37.6 Å². The first kappa shape index (κ1) is 31.3. The number of carboxylic acids is 2. The minimum absolute atomic E-state index is 0.130. The summed E-state index contributed by atoms with van der Waals surface area (Å²) in [4.78, 5) is 60.7. The van der Waals surface area contributed by atoms with E-state index in [0.29, 0.717) is 25.8 Å². The van der Waals surface area contributed by atoms with E-state index >= 15 is 0 Å². The fourth-order valence-electron chi connectivity index (χ4n) is 3.23. The smallest absolute Gasteiger partial charge is 0.326 e. The molecule has 0 aliphatic carbocycles. The van der Waals surface area contributed by atoms with Crippen LogP contribution in [0.25, 0.3) is 0 Å². The first-order valence-electron chi connectivity index (χ1n) is 11.6. The second-order valence-electron chi connectivity index (χ2n) is 9.14. The number of rotatable bonds is 17. The molecule has 12 heteroatoms. The fraction of sp³-hybridized carbons (Fsp3) is 0.773. The molecule has 0 aliphatic heterocycles. The van der Waals surface area contributed by atoms with Crippen LogP contribution in [0, 0.1) is 11.8 Å². The van der Waals surface area contributed by atoms with E-state index in [9.17, 15) is 29.1 Å². The third-order valence-corrected chi connectivity index (χ3v) is 5.15. The van der Waals surface area contributed by atoms with E-state index in [0.717, 1.165) is 0 Å². The molecule has 4 unspecified atom stereocenters. The molecule has 0 aromatic carbocycles. The Kier molecular flexibility index (Phi) is 14.7. The van der Waals surface area contributed by atoms with Crippen molar-refractivity contribution in [2.45, 2.75) is 90.4 Å². The average Bonchev–Trinajstić information content (AvgIpc) is 2.72. The largest absolute Gasteiger partial charge is 0.481 e. The van der Waals surface area contributed by atoms with Crippen molar-refractivity contribution in [3.05, 3.63) is 0 Å². The van der Waals surface area contributed by atoms with Crippen LogP contribution in [0.5, 0.6) is 0 Å². The van der Waals surface area contributed by atoms with Crippen LogP contribution in [-0.2, 0) is 24.0 Å². The van der Waals surface area contributed by atoms with Crippen LogP contribution >= 0.6 is 0 Å². The van der Waals surface area contributed by atoms with Crippen LogP contribution < -0.4 is 27.4 Å². The van der Waals surface area contributed by atoms with E-state index in [4.69, 9.17) is 16.6 Å². The minimum Gasteiger partial charge on any atom is -0.481 e. The highest BCUT2D eigenvalue weighted by atomic mass is 16.4. The second kappa shape index (κ2) is 16.0. The number of carbonyl (C=O) groups excluding carboxylic acids is 3. The zero-order chi connectivity index (χ0) is 26.4. The van der Waals surface area contributed by atoms with Gasteiger partial charge in [-0.2, -0.15) is 0 Å². The molecule has 0 rings (SSSR count). The van der Waals surface area contributed by atoms with E-state index in [1.807, 2.05) is 13.8 Å². The molecule has 0 aliphatic rings. The Balaban J connectivity index is 5.56. The highest BCUT2D eigenvalue weighted by molar-refractivity contribution is 5.94. The molecule has 12 nitrogen and oxygen atoms in total. The van der Waals surface area contributed by atoms with Crippen molar-refractivity contribution in [2.24, 2.45) is 23.3 Å². The Morgan fingerprint density at radius 1 is 0.794 bits per heavy atom. The maximum atomic E-state index is 13.0. The molecular weight excluding hydrogens is 446 g/mol. The molecule has 9 N–H and O–H groups in total. The number of carboxylic acid groups (broad SMARTS) is 2. The number of nitrogens with two attached hydrogens (primary N) is 2. The van der Waals surface area contributed by atoms with Gasteiger partial charge in [0.25, 0.3) is 0 Å². The molecule has 0 radical (unpaired) electrons. The van der Waals surface area contributed by atoms with E-state index < -0.39 is 66.2 Å². The monoisotopic (exact) mass is 487 g/mol. The molecule has 0 spiro atoms. The standard InChI is InChI=1S/C22H41N5O7/c1-12(2)11-14(24)19(30)25-16(8-9-17(28)29)20(31)26-15(7-5-6-10-23)21(32)27-18(13(3)4)22(33)34/h12-16,18H,5-11,23-24H2,1-4H3,(H,25,30)(H,26,31)(H,27,32)(H,28,29)(H,33,34).